The van der Waals surface area contributed by atoms with Crippen molar-refractivity contribution in [3.05, 3.63) is 53.9 Å². The number of hydrogen-bond acceptors (Lipinski definition) is 4. The molecule has 0 saturated carbocycles. The Kier molecular flexibility index (Phi) is 2.22. The molecule has 0 atom stereocenters. The van der Waals surface area contributed by atoms with Gasteiger partial charge in [-0.05, 0) is 24.3 Å². The first-order chi connectivity index (χ1) is 8.36. The molecule has 0 bridgehead atoms. The number of furan rings is 1. The van der Waals surface area contributed by atoms with E-state index in [0.717, 1.165) is 17.9 Å². The van der Waals surface area contributed by atoms with Gasteiger partial charge in [-0.3, -0.25) is 9.20 Å². The van der Waals surface area contributed by atoms with Crippen LogP contribution in [0.4, 0.5) is 0 Å². The molecule has 3 heterocycles. The van der Waals surface area contributed by atoms with Crippen molar-refractivity contribution in [1.82, 2.24) is 14.6 Å². The van der Waals surface area contributed by atoms with Crippen LogP contribution in [0.15, 0.2) is 41.1 Å². The van der Waals surface area contributed by atoms with E-state index in [-0.39, 0.29) is 0 Å². The lowest BCUT2D eigenvalue weighted by molar-refractivity contribution is 0.112. The van der Waals surface area contributed by atoms with Gasteiger partial charge in [-0.1, -0.05) is 0 Å². The minimum Gasteiger partial charge on any atom is -0.469 e. The zero-order chi connectivity index (χ0) is 11.7. The summed E-state index contributed by atoms with van der Waals surface area (Å²) in [5.41, 5.74) is 1.26. The lowest BCUT2D eigenvalue weighted by atomic mass is 10.3. The van der Waals surface area contributed by atoms with Crippen molar-refractivity contribution in [2.24, 2.45) is 0 Å². The summed E-state index contributed by atoms with van der Waals surface area (Å²) in [6, 6.07) is 7.16. The first-order valence-electron chi connectivity index (χ1n) is 5.18. The topological polar surface area (TPSA) is 60.4 Å². The van der Waals surface area contributed by atoms with E-state index >= 15 is 0 Å². The maximum absolute atomic E-state index is 10.6. The van der Waals surface area contributed by atoms with E-state index in [1.54, 1.807) is 24.6 Å². The Balaban J connectivity index is 2.03. The summed E-state index contributed by atoms with van der Waals surface area (Å²) in [7, 11) is 0. The summed E-state index contributed by atoms with van der Waals surface area (Å²) in [5.74, 6) is 1.62. The summed E-state index contributed by atoms with van der Waals surface area (Å²) >= 11 is 0. The zero-order valence-corrected chi connectivity index (χ0v) is 8.91. The fourth-order valence-corrected chi connectivity index (χ4v) is 1.72. The van der Waals surface area contributed by atoms with Crippen LogP contribution in [-0.2, 0) is 6.42 Å². The van der Waals surface area contributed by atoms with Crippen molar-refractivity contribution in [3.8, 4) is 0 Å². The maximum Gasteiger partial charge on any atom is 0.161 e. The molecule has 0 unspecified atom stereocenters. The number of nitrogens with zero attached hydrogens (tertiary/aromatic N) is 3. The van der Waals surface area contributed by atoms with Crippen molar-refractivity contribution in [1.29, 1.82) is 0 Å². The van der Waals surface area contributed by atoms with E-state index in [1.807, 2.05) is 16.5 Å². The van der Waals surface area contributed by atoms with Gasteiger partial charge in [-0.25, -0.2) is 0 Å². The number of aromatic nitrogens is 3. The van der Waals surface area contributed by atoms with E-state index in [2.05, 4.69) is 10.2 Å². The van der Waals surface area contributed by atoms with Crippen LogP contribution in [0.5, 0.6) is 0 Å². The third kappa shape index (κ3) is 1.71. The average molecular weight is 227 g/mol. The van der Waals surface area contributed by atoms with Crippen LogP contribution in [0.3, 0.4) is 0 Å². The molecule has 5 heteroatoms. The molecule has 84 valence electrons. The van der Waals surface area contributed by atoms with Crippen LogP contribution in [-0.4, -0.2) is 20.9 Å². The van der Waals surface area contributed by atoms with Crippen LogP contribution in [0.25, 0.3) is 5.65 Å². The molecule has 0 aromatic carbocycles. The molecule has 5 nitrogen and oxygen atoms in total. The highest BCUT2D eigenvalue weighted by molar-refractivity contribution is 5.76. The van der Waals surface area contributed by atoms with Crippen LogP contribution in [0.2, 0.25) is 0 Å². The lowest BCUT2D eigenvalue weighted by Crippen LogP contribution is -1.95. The van der Waals surface area contributed by atoms with Gasteiger partial charge < -0.3 is 4.42 Å². The Bertz CT molecular complexity index is 656. The van der Waals surface area contributed by atoms with E-state index in [0.29, 0.717) is 17.6 Å². The molecular weight excluding hydrogens is 218 g/mol. The highest BCUT2D eigenvalue weighted by atomic mass is 16.3. The summed E-state index contributed by atoms with van der Waals surface area (Å²) in [6.45, 7) is 0. The van der Waals surface area contributed by atoms with Gasteiger partial charge >= 0.3 is 0 Å². The lowest BCUT2D eigenvalue weighted by Gasteiger charge is -1.97. The van der Waals surface area contributed by atoms with E-state index in [4.69, 9.17) is 4.42 Å². The van der Waals surface area contributed by atoms with Gasteiger partial charge in [-0.2, -0.15) is 0 Å². The van der Waals surface area contributed by atoms with Gasteiger partial charge in [0.05, 0.1) is 12.7 Å². The molecule has 0 radical (unpaired) electrons. The Hall–Kier alpha value is -2.43. The molecule has 0 fully saturated rings. The van der Waals surface area contributed by atoms with Gasteiger partial charge in [0.1, 0.15) is 17.9 Å². The first kappa shape index (κ1) is 9.77. The molecule has 0 aliphatic carbocycles. The summed E-state index contributed by atoms with van der Waals surface area (Å²) in [4.78, 5) is 10.6. The highest BCUT2D eigenvalue weighted by Gasteiger charge is 2.08. The van der Waals surface area contributed by atoms with Crippen LogP contribution in [0, 0.1) is 0 Å². The molecule has 0 saturated heterocycles. The highest BCUT2D eigenvalue weighted by Crippen LogP contribution is 2.11. The number of rotatable bonds is 3. The number of pyridine rings is 1. The van der Waals surface area contributed by atoms with Gasteiger partial charge in [0.25, 0.3) is 0 Å². The Labute approximate surface area is 96.7 Å². The minimum atomic E-state index is 0.578. The fourth-order valence-electron chi connectivity index (χ4n) is 1.72. The minimum absolute atomic E-state index is 0.578. The molecule has 3 rings (SSSR count). The number of carbonyl (C=O) groups excluding carboxylic acids is 1. The Morgan fingerprint density at radius 2 is 2.29 bits per heavy atom. The van der Waals surface area contributed by atoms with Crippen molar-refractivity contribution >= 4 is 11.9 Å². The summed E-state index contributed by atoms with van der Waals surface area (Å²) in [5, 5.41) is 8.10. The van der Waals surface area contributed by atoms with Crippen molar-refractivity contribution < 1.29 is 9.21 Å². The summed E-state index contributed by atoms with van der Waals surface area (Å²) < 4.78 is 7.11. The number of aldehydes is 1. The fraction of sp³-hybridized carbons (Fsp3) is 0.0833. The summed E-state index contributed by atoms with van der Waals surface area (Å²) in [6.07, 6.45) is 4.79. The molecule has 0 aliphatic rings. The van der Waals surface area contributed by atoms with Crippen molar-refractivity contribution in [3.63, 3.8) is 0 Å². The van der Waals surface area contributed by atoms with Crippen LogP contribution < -0.4 is 0 Å². The standard InChI is InChI=1S/C12H9N3O2/c16-8-9-3-4-15-11(6-9)13-14-12(15)7-10-2-1-5-17-10/h1-6,8H,7H2. The average Bonchev–Trinajstić information content (AvgIpc) is 2.99. The van der Waals surface area contributed by atoms with E-state index in [1.165, 1.54) is 0 Å². The molecular formula is C12H9N3O2. The predicted octanol–water partition coefficient (Wildman–Crippen LogP) is 1.73. The monoisotopic (exact) mass is 227 g/mol. The van der Waals surface area contributed by atoms with E-state index in [9.17, 15) is 4.79 Å². The molecule has 17 heavy (non-hydrogen) atoms. The smallest absolute Gasteiger partial charge is 0.161 e. The van der Waals surface area contributed by atoms with E-state index < -0.39 is 0 Å². The quantitative estimate of drug-likeness (QED) is 0.639. The SMILES string of the molecule is O=Cc1ccn2c(Cc3ccco3)nnc2c1. The van der Waals surface area contributed by atoms with Crippen LogP contribution >= 0.6 is 0 Å². The van der Waals surface area contributed by atoms with Gasteiger partial charge in [-0.15, -0.1) is 10.2 Å². The number of hydrogen-bond donors (Lipinski definition) is 0. The normalized spacial score (nSPS) is 10.8. The van der Waals surface area contributed by atoms with Gasteiger partial charge in [0, 0.05) is 11.8 Å². The predicted molar refractivity (Wildman–Crippen MR) is 59.9 cm³/mol. The number of carbonyl (C=O) groups is 1. The molecule has 0 aliphatic heterocycles. The largest absolute Gasteiger partial charge is 0.469 e. The molecule has 0 spiro atoms. The third-order valence-corrected chi connectivity index (χ3v) is 2.55. The van der Waals surface area contributed by atoms with Crippen molar-refractivity contribution in [2.45, 2.75) is 6.42 Å². The maximum atomic E-state index is 10.6. The molecule has 0 N–H and O–H groups in total. The Morgan fingerprint density at radius 1 is 1.35 bits per heavy atom. The van der Waals surface area contributed by atoms with Crippen molar-refractivity contribution in [2.75, 3.05) is 0 Å². The second-order valence-electron chi connectivity index (χ2n) is 3.68. The number of fused-ring (bicyclic) bond motifs is 1. The Morgan fingerprint density at radius 3 is 3.06 bits per heavy atom. The first-order valence-corrected chi connectivity index (χ1v) is 5.18. The molecule has 3 aromatic rings. The second-order valence-corrected chi connectivity index (χ2v) is 3.68. The third-order valence-electron chi connectivity index (χ3n) is 2.55. The van der Waals surface area contributed by atoms with Gasteiger partial charge in [0.15, 0.2) is 5.65 Å². The molecule has 0 amide bonds. The zero-order valence-electron chi connectivity index (χ0n) is 8.91. The van der Waals surface area contributed by atoms with Gasteiger partial charge in [0.2, 0.25) is 0 Å². The van der Waals surface area contributed by atoms with Crippen LogP contribution in [0.1, 0.15) is 21.9 Å². The second kappa shape index (κ2) is 3.86. The molecule has 3 aromatic heterocycles.